The lowest BCUT2D eigenvalue weighted by Gasteiger charge is -2.25. The summed E-state index contributed by atoms with van der Waals surface area (Å²) >= 11 is 0. The number of carbonyl (C=O) groups is 2. The van der Waals surface area contributed by atoms with Gasteiger partial charge in [-0.25, -0.2) is 0 Å². The van der Waals surface area contributed by atoms with Gasteiger partial charge in [0.2, 0.25) is 5.91 Å². The molecule has 1 amide bonds. The maximum Gasteiger partial charge on any atom is 0.310 e. The zero-order chi connectivity index (χ0) is 18.8. The number of para-hydroxylation sites is 1. The van der Waals surface area contributed by atoms with Crippen molar-refractivity contribution in [1.82, 2.24) is 4.90 Å². The number of benzene rings is 2. The van der Waals surface area contributed by atoms with E-state index in [0.29, 0.717) is 19.7 Å². The van der Waals surface area contributed by atoms with Gasteiger partial charge in [-0.2, -0.15) is 0 Å². The second kappa shape index (κ2) is 10.2. The Hall–Kier alpha value is -2.82. The summed E-state index contributed by atoms with van der Waals surface area (Å²) in [6, 6.07) is 19.1. The van der Waals surface area contributed by atoms with Gasteiger partial charge in [0.15, 0.2) is 0 Å². The van der Waals surface area contributed by atoms with Gasteiger partial charge >= 0.3 is 5.97 Å². The number of amides is 1. The number of methoxy groups -OCH3 is 1. The fourth-order valence-electron chi connectivity index (χ4n) is 2.60. The Morgan fingerprint density at radius 2 is 1.62 bits per heavy atom. The smallest absolute Gasteiger partial charge is 0.310 e. The summed E-state index contributed by atoms with van der Waals surface area (Å²) < 4.78 is 10.4. The summed E-state index contributed by atoms with van der Waals surface area (Å²) in [4.78, 5) is 26.1. The van der Waals surface area contributed by atoms with E-state index < -0.39 is 0 Å². The fraction of sp³-hybridized carbons (Fsp3) is 0.333. The summed E-state index contributed by atoms with van der Waals surface area (Å²) in [6.45, 7) is 2.82. The third-order valence-electron chi connectivity index (χ3n) is 3.99. The molecule has 0 aliphatic heterocycles. The van der Waals surface area contributed by atoms with Gasteiger partial charge in [-0.05, 0) is 17.7 Å². The Kier molecular flexibility index (Phi) is 7.68. The van der Waals surface area contributed by atoms with Crippen LogP contribution in [0.1, 0.15) is 18.9 Å². The summed E-state index contributed by atoms with van der Waals surface area (Å²) in [5.74, 6) is -0.0301. The van der Waals surface area contributed by atoms with Gasteiger partial charge in [-0.1, -0.05) is 55.5 Å². The quantitative estimate of drug-likeness (QED) is 0.648. The lowest BCUT2D eigenvalue weighted by atomic mass is 10.1. The van der Waals surface area contributed by atoms with E-state index in [2.05, 4.69) is 0 Å². The molecule has 5 heteroatoms. The average Bonchev–Trinajstić information content (AvgIpc) is 2.68. The van der Waals surface area contributed by atoms with E-state index in [9.17, 15) is 9.59 Å². The van der Waals surface area contributed by atoms with Crippen molar-refractivity contribution < 1.29 is 19.1 Å². The first-order valence-electron chi connectivity index (χ1n) is 8.67. The van der Waals surface area contributed by atoms with E-state index >= 15 is 0 Å². The first-order valence-corrected chi connectivity index (χ1v) is 8.67. The van der Waals surface area contributed by atoms with Crippen molar-refractivity contribution in [1.29, 1.82) is 0 Å². The molecule has 138 valence electrons. The molecule has 0 aromatic heterocycles. The normalized spacial score (nSPS) is 11.5. The highest BCUT2D eigenvalue weighted by molar-refractivity contribution is 5.78. The van der Waals surface area contributed by atoms with Crippen LogP contribution in [0, 0.1) is 5.92 Å². The maximum absolute atomic E-state index is 12.7. The molecule has 0 heterocycles. The zero-order valence-electron chi connectivity index (χ0n) is 15.3. The number of rotatable bonds is 9. The molecule has 0 spiro atoms. The van der Waals surface area contributed by atoms with Crippen molar-refractivity contribution in [2.24, 2.45) is 5.92 Å². The van der Waals surface area contributed by atoms with E-state index in [0.717, 1.165) is 11.3 Å². The van der Waals surface area contributed by atoms with Crippen molar-refractivity contribution in [3.05, 3.63) is 66.2 Å². The highest BCUT2D eigenvalue weighted by atomic mass is 16.5. The molecular weight excluding hydrogens is 330 g/mol. The third-order valence-corrected chi connectivity index (χ3v) is 3.99. The highest BCUT2D eigenvalue weighted by Gasteiger charge is 2.21. The molecule has 2 rings (SSSR count). The lowest BCUT2D eigenvalue weighted by Crippen LogP contribution is -2.37. The van der Waals surface area contributed by atoms with Crippen molar-refractivity contribution in [2.45, 2.75) is 19.9 Å². The van der Waals surface area contributed by atoms with Gasteiger partial charge in [-0.3, -0.25) is 9.59 Å². The molecule has 0 radical (unpaired) electrons. The van der Waals surface area contributed by atoms with E-state index in [-0.39, 0.29) is 24.2 Å². The van der Waals surface area contributed by atoms with Crippen molar-refractivity contribution in [2.75, 3.05) is 20.3 Å². The van der Waals surface area contributed by atoms with Crippen LogP contribution in [-0.2, 0) is 20.9 Å². The van der Waals surface area contributed by atoms with Crippen LogP contribution in [0.4, 0.5) is 0 Å². The predicted octanol–water partition coefficient (Wildman–Crippen LogP) is 3.29. The number of ether oxygens (including phenoxy) is 2. The SMILES string of the molecule is COC(=O)C(C)CN(Cc1ccccc1)C(=O)CCOc1ccccc1. The minimum atomic E-state index is -0.386. The van der Waals surface area contributed by atoms with Crippen LogP contribution >= 0.6 is 0 Å². The molecular formula is C21H25NO4. The molecule has 26 heavy (non-hydrogen) atoms. The molecule has 0 saturated carbocycles. The monoisotopic (exact) mass is 355 g/mol. The summed E-state index contributed by atoms with van der Waals surface area (Å²) in [5, 5.41) is 0. The van der Waals surface area contributed by atoms with Crippen LogP contribution in [0.3, 0.4) is 0 Å². The Balaban J connectivity index is 1.96. The van der Waals surface area contributed by atoms with Crippen LogP contribution < -0.4 is 4.74 Å². The minimum Gasteiger partial charge on any atom is -0.493 e. The number of nitrogens with zero attached hydrogens (tertiary/aromatic N) is 1. The summed E-state index contributed by atoms with van der Waals surface area (Å²) in [7, 11) is 1.36. The van der Waals surface area contributed by atoms with Crippen LogP contribution in [0.25, 0.3) is 0 Å². The molecule has 0 fully saturated rings. The van der Waals surface area contributed by atoms with Crippen LogP contribution in [0.5, 0.6) is 5.75 Å². The molecule has 1 unspecified atom stereocenters. The molecule has 2 aromatic carbocycles. The minimum absolute atomic E-state index is 0.0551. The second-order valence-electron chi connectivity index (χ2n) is 6.10. The first-order chi connectivity index (χ1) is 12.6. The number of hydrogen-bond donors (Lipinski definition) is 0. The predicted molar refractivity (Wildman–Crippen MR) is 99.6 cm³/mol. The topological polar surface area (TPSA) is 55.8 Å². The third kappa shape index (κ3) is 6.24. The molecule has 0 bridgehead atoms. The standard InChI is InChI=1S/C21H25NO4/c1-17(21(24)25-2)15-22(16-18-9-5-3-6-10-18)20(23)13-14-26-19-11-7-4-8-12-19/h3-12,17H,13-16H2,1-2H3. The first kappa shape index (κ1) is 19.5. The van der Waals surface area contributed by atoms with Gasteiger partial charge in [0.05, 0.1) is 26.1 Å². The van der Waals surface area contributed by atoms with E-state index in [1.807, 2.05) is 60.7 Å². The van der Waals surface area contributed by atoms with Gasteiger partial charge in [0, 0.05) is 13.1 Å². The van der Waals surface area contributed by atoms with Crippen LogP contribution in [0.15, 0.2) is 60.7 Å². The van der Waals surface area contributed by atoms with E-state index in [4.69, 9.17) is 9.47 Å². The average molecular weight is 355 g/mol. The van der Waals surface area contributed by atoms with E-state index in [1.165, 1.54) is 7.11 Å². The maximum atomic E-state index is 12.7. The Labute approximate surface area is 154 Å². The van der Waals surface area contributed by atoms with Crippen molar-refractivity contribution >= 4 is 11.9 Å². The van der Waals surface area contributed by atoms with Crippen molar-refractivity contribution in [3.8, 4) is 5.75 Å². The van der Waals surface area contributed by atoms with Crippen LogP contribution in [0.2, 0.25) is 0 Å². The Morgan fingerprint density at radius 1 is 1.00 bits per heavy atom. The highest BCUT2D eigenvalue weighted by Crippen LogP contribution is 2.12. The number of carbonyl (C=O) groups excluding carboxylic acids is 2. The number of hydrogen-bond acceptors (Lipinski definition) is 4. The van der Waals surface area contributed by atoms with E-state index in [1.54, 1.807) is 11.8 Å². The van der Waals surface area contributed by atoms with Gasteiger partial charge in [0.1, 0.15) is 5.75 Å². The van der Waals surface area contributed by atoms with Crippen LogP contribution in [-0.4, -0.2) is 37.0 Å². The molecule has 0 aliphatic carbocycles. The second-order valence-corrected chi connectivity index (χ2v) is 6.10. The van der Waals surface area contributed by atoms with Gasteiger partial charge in [-0.15, -0.1) is 0 Å². The molecule has 1 atom stereocenters. The van der Waals surface area contributed by atoms with Gasteiger partial charge in [0.25, 0.3) is 0 Å². The Morgan fingerprint density at radius 3 is 2.23 bits per heavy atom. The largest absolute Gasteiger partial charge is 0.493 e. The number of esters is 1. The zero-order valence-corrected chi connectivity index (χ0v) is 15.3. The molecule has 2 aromatic rings. The summed E-state index contributed by atoms with van der Waals surface area (Å²) in [5.41, 5.74) is 1.02. The van der Waals surface area contributed by atoms with Gasteiger partial charge < -0.3 is 14.4 Å². The molecule has 0 aliphatic rings. The molecule has 0 N–H and O–H groups in total. The summed E-state index contributed by atoms with van der Waals surface area (Å²) in [6.07, 6.45) is 0.246. The molecule has 5 nitrogen and oxygen atoms in total. The van der Waals surface area contributed by atoms with Crippen molar-refractivity contribution in [3.63, 3.8) is 0 Å². The molecule has 0 saturated heterocycles. The Bertz CT molecular complexity index is 688. The fourth-order valence-corrected chi connectivity index (χ4v) is 2.60. The lowest BCUT2D eigenvalue weighted by molar-refractivity contribution is -0.146.